The van der Waals surface area contributed by atoms with Crippen molar-refractivity contribution in [2.45, 2.75) is 26.0 Å². The molecule has 1 amide bonds. The molecule has 4 rings (SSSR count). The molecule has 3 aromatic carbocycles. The molecular formula is C24H21ClN2O2. The van der Waals surface area contributed by atoms with Crippen molar-refractivity contribution in [3.05, 3.63) is 101 Å². The highest BCUT2D eigenvalue weighted by Gasteiger charge is 2.31. The van der Waals surface area contributed by atoms with E-state index in [1.807, 2.05) is 78.9 Å². The van der Waals surface area contributed by atoms with Gasteiger partial charge >= 0.3 is 0 Å². The molecule has 0 saturated heterocycles. The van der Waals surface area contributed by atoms with Crippen molar-refractivity contribution in [2.24, 2.45) is 5.10 Å². The van der Waals surface area contributed by atoms with Gasteiger partial charge < -0.3 is 4.74 Å². The number of rotatable bonds is 5. The Hall–Kier alpha value is -3.11. The van der Waals surface area contributed by atoms with Crippen molar-refractivity contribution in [1.82, 2.24) is 5.01 Å². The summed E-state index contributed by atoms with van der Waals surface area (Å²) in [5.41, 5.74) is 4.01. The minimum Gasteiger partial charge on any atom is -0.489 e. The second kappa shape index (κ2) is 8.50. The van der Waals surface area contributed by atoms with Crippen LogP contribution >= 0.6 is 11.6 Å². The minimum absolute atomic E-state index is 0.0802. The zero-order chi connectivity index (χ0) is 20.2. The highest BCUT2D eigenvalue weighted by Crippen LogP contribution is 2.33. The van der Waals surface area contributed by atoms with Crippen LogP contribution in [0.2, 0.25) is 5.02 Å². The first-order chi connectivity index (χ1) is 14.1. The lowest BCUT2D eigenvalue weighted by molar-refractivity contribution is -0.130. The summed E-state index contributed by atoms with van der Waals surface area (Å²) in [4.78, 5) is 12.2. The summed E-state index contributed by atoms with van der Waals surface area (Å²) in [7, 11) is 0. The van der Waals surface area contributed by atoms with E-state index in [1.54, 1.807) is 11.9 Å². The summed E-state index contributed by atoms with van der Waals surface area (Å²) in [6.07, 6.45) is 0.658. The average molecular weight is 405 g/mol. The molecule has 0 N–H and O–H groups in total. The summed E-state index contributed by atoms with van der Waals surface area (Å²) in [5.74, 6) is 0.715. The molecule has 1 atom stereocenters. The Kier molecular flexibility index (Phi) is 5.63. The van der Waals surface area contributed by atoms with E-state index in [0.717, 1.165) is 28.2 Å². The average Bonchev–Trinajstić information content (AvgIpc) is 3.20. The maximum Gasteiger partial charge on any atom is 0.240 e. The van der Waals surface area contributed by atoms with Crippen LogP contribution in [0.5, 0.6) is 5.75 Å². The lowest BCUT2D eigenvalue weighted by atomic mass is 9.98. The lowest BCUT2D eigenvalue weighted by Crippen LogP contribution is -2.24. The zero-order valence-corrected chi connectivity index (χ0v) is 16.8. The largest absolute Gasteiger partial charge is 0.489 e. The van der Waals surface area contributed by atoms with Crippen molar-refractivity contribution in [3.63, 3.8) is 0 Å². The Balaban J connectivity index is 1.48. The third-order valence-electron chi connectivity index (χ3n) is 4.92. The minimum atomic E-state index is -0.124. The van der Waals surface area contributed by atoms with E-state index in [2.05, 4.69) is 5.10 Å². The molecule has 0 aromatic heterocycles. The normalized spacial score (nSPS) is 15.9. The van der Waals surface area contributed by atoms with E-state index >= 15 is 0 Å². The quantitative estimate of drug-likeness (QED) is 0.554. The number of benzene rings is 3. The number of hydrogen-bond donors (Lipinski definition) is 0. The first kappa shape index (κ1) is 19.2. The fraction of sp³-hybridized carbons (Fsp3) is 0.167. The van der Waals surface area contributed by atoms with Crippen molar-refractivity contribution < 1.29 is 9.53 Å². The number of nitrogens with zero attached hydrogens (tertiary/aromatic N) is 2. The van der Waals surface area contributed by atoms with Crippen LogP contribution in [0, 0.1) is 0 Å². The highest BCUT2D eigenvalue weighted by molar-refractivity contribution is 6.30. The van der Waals surface area contributed by atoms with Crippen molar-refractivity contribution >= 4 is 23.2 Å². The molecule has 0 bridgehead atoms. The standard InChI is InChI=1S/C24H21ClN2O2/c1-17(28)27-24(15-23(26-27)19-7-11-21(25)12-8-19)20-9-13-22(14-10-20)29-16-18-5-3-2-4-6-18/h2-14,24H,15-16H2,1H3. The van der Waals surface area contributed by atoms with Crippen LogP contribution in [0.4, 0.5) is 0 Å². The molecule has 0 spiro atoms. The van der Waals surface area contributed by atoms with Gasteiger partial charge in [-0.25, -0.2) is 5.01 Å². The molecule has 3 aromatic rings. The van der Waals surface area contributed by atoms with Crippen molar-refractivity contribution in [3.8, 4) is 5.75 Å². The molecule has 1 aliphatic rings. The molecule has 1 heterocycles. The third-order valence-corrected chi connectivity index (χ3v) is 5.18. The molecule has 29 heavy (non-hydrogen) atoms. The van der Waals surface area contributed by atoms with Crippen LogP contribution < -0.4 is 4.74 Å². The Bertz CT molecular complexity index is 1020. The third kappa shape index (κ3) is 4.49. The van der Waals surface area contributed by atoms with Crippen LogP contribution in [-0.2, 0) is 11.4 Å². The second-order valence-electron chi connectivity index (χ2n) is 6.98. The van der Waals surface area contributed by atoms with E-state index in [9.17, 15) is 4.79 Å². The Morgan fingerprint density at radius 1 is 1.03 bits per heavy atom. The van der Waals surface area contributed by atoms with E-state index in [0.29, 0.717) is 18.1 Å². The molecule has 5 heteroatoms. The van der Waals surface area contributed by atoms with Gasteiger partial charge in [-0.15, -0.1) is 0 Å². The van der Waals surface area contributed by atoms with Gasteiger partial charge in [0.2, 0.25) is 5.91 Å². The Morgan fingerprint density at radius 2 is 1.72 bits per heavy atom. The summed E-state index contributed by atoms with van der Waals surface area (Å²) in [5, 5.41) is 6.81. The first-order valence-corrected chi connectivity index (χ1v) is 9.88. The molecule has 1 unspecified atom stereocenters. The Labute approximate surface area is 175 Å². The van der Waals surface area contributed by atoms with Gasteiger partial charge in [0.05, 0.1) is 11.8 Å². The number of carbonyl (C=O) groups excluding carboxylic acids is 1. The molecule has 0 aliphatic carbocycles. The topological polar surface area (TPSA) is 41.9 Å². The van der Waals surface area contributed by atoms with Gasteiger partial charge in [0.15, 0.2) is 0 Å². The summed E-state index contributed by atoms with van der Waals surface area (Å²) in [6.45, 7) is 2.06. The van der Waals surface area contributed by atoms with Crippen LogP contribution in [-0.4, -0.2) is 16.6 Å². The van der Waals surface area contributed by atoms with Crippen molar-refractivity contribution in [1.29, 1.82) is 0 Å². The number of amides is 1. The number of hydrazone groups is 1. The van der Waals surface area contributed by atoms with E-state index in [1.165, 1.54) is 0 Å². The molecule has 0 fully saturated rings. The molecule has 1 aliphatic heterocycles. The number of ether oxygens (including phenoxy) is 1. The second-order valence-corrected chi connectivity index (χ2v) is 7.42. The lowest BCUT2D eigenvalue weighted by Gasteiger charge is -2.20. The molecular weight excluding hydrogens is 384 g/mol. The maximum atomic E-state index is 12.2. The zero-order valence-electron chi connectivity index (χ0n) is 16.1. The number of carbonyl (C=O) groups is 1. The summed E-state index contributed by atoms with van der Waals surface area (Å²) >= 11 is 5.99. The van der Waals surface area contributed by atoms with Gasteiger partial charge in [0.25, 0.3) is 0 Å². The van der Waals surface area contributed by atoms with Gasteiger partial charge in [-0.05, 0) is 41.0 Å². The predicted octanol–water partition coefficient (Wildman–Crippen LogP) is 5.62. The van der Waals surface area contributed by atoms with E-state index in [-0.39, 0.29) is 11.9 Å². The first-order valence-electron chi connectivity index (χ1n) is 9.50. The van der Waals surface area contributed by atoms with Gasteiger partial charge in [0.1, 0.15) is 12.4 Å². The molecule has 146 valence electrons. The fourth-order valence-electron chi connectivity index (χ4n) is 3.40. The highest BCUT2D eigenvalue weighted by atomic mass is 35.5. The van der Waals surface area contributed by atoms with Crippen molar-refractivity contribution in [2.75, 3.05) is 0 Å². The summed E-state index contributed by atoms with van der Waals surface area (Å²) < 4.78 is 5.86. The maximum absolute atomic E-state index is 12.2. The van der Waals surface area contributed by atoms with Gasteiger partial charge in [-0.1, -0.05) is 66.2 Å². The smallest absolute Gasteiger partial charge is 0.240 e. The van der Waals surface area contributed by atoms with Crippen LogP contribution in [0.15, 0.2) is 84.0 Å². The molecule has 0 saturated carbocycles. The van der Waals surface area contributed by atoms with Crippen LogP contribution in [0.25, 0.3) is 0 Å². The van der Waals surface area contributed by atoms with E-state index < -0.39 is 0 Å². The van der Waals surface area contributed by atoms with Gasteiger partial charge in [-0.2, -0.15) is 5.10 Å². The van der Waals surface area contributed by atoms with Gasteiger partial charge in [-0.3, -0.25) is 4.79 Å². The predicted molar refractivity (Wildman–Crippen MR) is 115 cm³/mol. The van der Waals surface area contributed by atoms with Gasteiger partial charge in [0, 0.05) is 18.4 Å². The molecule has 0 radical (unpaired) electrons. The number of hydrogen-bond acceptors (Lipinski definition) is 3. The fourth-order valence-corrected chi connectivity index (χ4v) is 3.53. The summed E-state index contributed by atoms with van der Waals surface area (Å²) in [6, 6.07) is 25.4. The SMILES string of the molecule is CC(=O)N1N=C(c2ccc(Cl)cc2)CC1c1ccc(OCc2ccccc2)cc1. The van der Waals surface area contributed by atoms with Crippen LogP contribution in [0.1, 0.15) is 36.1 Å². The monoisotopic (exact) mass is 404 g/mol. The molecule has 4 nitrogen and oxygen atoms in total. The van der Waals surface area contributed by atoms with E-state index in [4.69, 9.17) is 16.3 Å². The van der Waals surface area contributed by atoms with Crippen LogP contribution in [0.3, 0.4) is 0 Å². The number of halogens is 1. The Morgan fingerprint density at radius 3 is 2.38 bits per heavy atom.